The number of carbonyl (C=O) groups is 2. The molecule has 26 heavy (non-hydrogen) atoms. The van der Waals surface area contributed by atoms with Gasteiger partial charge in [-0.3, -0.25) is 9.00 Å². The van der Waals surface area contributed by atoms with E-state index >= 15 is 0 Å². The molecule has 0 spiro atoms. The second-order valence-electron chi connectivity index (χ2n) is 5.53. The van der Waals surface area contributed by atoms with E-state index in [9.17, 15) is 13.8 Å². The molecule has 0 saturated carbocycles. The highest BCUT2D eigenvalue weighted by Crippen LogP contribution is 2.22. The van der Waals surface area contributed by atoms with Crippen LogP contribution in [0.5, 0.6) is 0 Å². The second-order valence-corrected chi connectivity index (χ2v) is 7.39. The van der Waals surface area contributed by atoms with E-state index in [1.165, 1.54) is 5.56 Å². The standard InChI is InChI=1S/C16H25NO3S.C2H5NO2/c1-5-14-9-7-8-12(3)15(14)17-13(4)16(18)20-10-11-21(19)6-2;3-1-2(4)5/h7-9,13,17H,5-6,10-11H2,1-4H3;1,3H2,(H,4,5)/t13-,21?;/m0./s1. The molecule has 0 amide bonds. The van der Waals surface area contributed by atoms with Gasteiger partial charge in [0.05, 0.1) is 12.3 Å². The minimum atomic E-state index is -0.968. The summed E-state index contributed by atoms with van der Waals surface area (Å²) in [5, 5.41) is 10.8. The third-order valence-electron chi connectivity index (χ3n) is 3.51. The number of nitrogens with two attached hydrogens (primary N) is 1. The van der Waals surface area contributed by atoms with Gasteiger partial charge in [0.15, 0.2) is 0 Å². The Morgan fingerprint density at radius 2 is 1.96 bits per heavy atom. The summed E-state index contributed by atoms with van der Waals surface area (Å²) in [7, 11) is -0.901. The fourth-order valence-corrected chi connectivity index (χ4v) is 2.57. The molecule has 0 aliphatic carbocycles. The van der Waals surface area contributed by atoms with Crippen LogP contribution < -0.4 is 11.1 Å². The van der Waals surface area contributed by atoms with Gasteiger partial charge in [-0.2, -0.15) is 0 Å². The number of aryl methyl sites for hydroxylation is 2. The molecule has 1 unspecified atom stereocenters. The zero-order chi connectivity index (χ0) is 20.1. The molecule has 4 N–H and O–H groups in total. The summed E-state index contributed by atoms with van der Waals surface area (Å²) in [6.45, 7) is 7.67. The Balaban J connectivity index is 0.00000110. The van der Waals surface area contributed by atoms with Crippen LogP contribution in [0.2, 0.25) is 0 Å². The average Bonchev–Trinajstić information content (AvgIpc) is 2.63. The molecule has 2 atom stereocenters. The van der Waals surface area contributed by atoms with Crippen LogP contribution in [0.3, 0.4) is 0 Å². The monoisotopic (exact) mass is 386 g/mol. The molecule has 0 aliphatic rings. The number of ether oxygens (including phenoxy) is 1. The van der Waals surface area contributed by atoms with Crippen molar-refractivity contribution in [3.05, 3.63) is 29.3 Å². The Labute approximate surface area is 157 Å². The van der Waals surface area contributed by atoms with Crippen molar-refractivity contribution in [2.45, 2.75) is 40.2 Å². The SMILES string of the molecule is CCc1cccc(C)c1N[C@@H](C)C(=O)OCCS(=O)CC.NCC(=O)O. The fourth-order valence-electron chi connectivity index (χ4n) is 2.01. The van der Waals surface area contributed by atoms with E-state index < -0.39 is 22.8 Å². The van der Waals surface area contributed by atoms with Gasteiger partial charge in [0.1, 0.15) is 12.6 Å². The molecule has 1 rings (SSSR count). The number of carboxylic acid groups (broad SMARTS) is 1. The number of esters is 1. The van der Waals surface area contributed by atoms with Gasteiger partial charge in [0.25, 0.3) is 0 Å². The van der Waals surface area contributed by atoms with Crippen LogP contribution >= 0.6 is 0 Å². The molecular formula is C18H30N2O5S. The lowest BCUT2D eigenvalue weighted by Crippen LogP contribution is -2.30. The van der Waals surface area contributed by atoms with Crippen LogP contribution in [0.1, 0.15) is 31.9 Å². The van der Waals surface area contributed by atoms with Gasteiger partial charge in [-0.1, -0.05) is 32.0 Å². The Bertz CT molecular complexity index is 607. The van der Waals surface area contributed by atoms with E-state index in [2.05, 4.69) is 24.0 Å². The van der Waals surface area contributed by atoms with Crippen molar-refractivity contribution in [3.63, 3.8) is 0 Å². The van der Waals surface area contributed by atoms with E-state index in [0.717, 1.165) is 17.7 Å². The first kappa shape index (κ1) is 24.1. The third kappa shape index (κ3) is 9.53. The van der Waals surface area contributed by atoms with Crippen LogP contribution in [0.4, 0.5) is 5.69 Å². The van der Waals surface area contributed by atoms with E-state index in [0.29, 0.717) is 11.5 Å². The zero-order valence-corrected chi connectivity index (χ0v) is 16.7. The summed E-state index contributed by atoms with van der Waals surface area (Å²) >= 11 is 0. The molecule has 0 aromatic heterocycles. The molecule has 1 aromatic carbocycles. The quantitative estimate of drug-likeness (QED) is 0.553. The maximum Gasteiger partial charge on any atom is 0.328 e. The highest BCUT2D eigenvalue weighted by atomic mass is 32.2. The van der Waals surface area contributed by atoms with Crippen molar-refractivity contribution in [2.24, 2.45) is 5.73 Å². The van der Waals surface area contributed by atoms with Gasteiger partial charge in [0, 0.05) is 22.2 Å². The number of carboxylic acids is 1. The first-order valence-corrected chi connectivity index (χ1v) is 10.0. The minimum Gasteiger partial charge on any atom is -0.480 e. The number of para-hydroxylation sites is 1. The number of hydrogen-bond donors (Lipinski definition) is 3. The molecule has 148 valence electrons. The van der Waals surface area contributed by atoms with Gasteiger partial charge < -0.3 is 20.9 Å². The van der Waals surface area contributed by atoms with Crippen LogP contribution in [-0.2, 0) is 31.5 Å². The van der Waals surface area contributed by atoms with Crippen LogP contribution in [0.25, 0.3) is 0 Å². The smallest absolute Gasteiger partial charge is 0.328 e. The van der Waals surface area contributed by atoms with Crippen LogP contribution in [-0.4, -0.2) is 52.0 Å². The van der Waals surface area contributed by atoms with E-state index in [1.807, 2.05) is 26.0 Å². The van der Waals surface area contributed by atoms with Gasteiger partial charge in [-0.25, -0.2) is 4.79 Å². The zero-order valence-electron chi connectivity index (χ0n) is 15.9. The Morgan fingerprint density at radius 3 is 2.46 bits per heavy atom. The van der Waals surface area contributed by atoms with E-state index in [1.54, 1.807) is 6.92 Å². The first-order valence-electron chi connectivity index (χ1n) is 8.55. The van der Waals surface area contributed by atoms with Crippen LogP contribution in [0.15, 0.2) is 18.2 Å². The summed E-state index contributed by atoms with van der Waals surface area (Å²) in [4.78, 5) is 21.2. The first-order chi connectivity index (χ1) is 12.3. The second kappa shape index (κ2) is 13.3. The van der Waals surface area contributed by atoms with Crippen molar-refractivity contribution in [2.75, 3.05) is 30.0 Å². The number of anilines is 1. The molecule has 0 saturated heterocycles. The topological polar surface area (TPSA) is 119 Å². The minimum absolute atomic E-state index is 0.208. The summed E-state index contributed by atoms with van der Waals surface area (Å²) < 4.78 is 16.5. The molecule has 0 heterocycles. The van der Waals surface area contributed by atoms with Crippen molar-refractivity contribution < 1.29 is 23.6 Å². The molecule has 1 aromatic rings. The molecule has 0 radical (unpaired) electrons. The van der Waals surface area contributed by atoms with Gasteiger partial charge in [-0.15, -0.1) is 0 Å². The van der Waals surface area contributed by atoms with Crippen molar-refractivity contribution >= 4 is 28.4 Å². The average molecular weight is 387 g/mol. The maximum absolute atomic E-state index is 11.9. The summed E-state index contributed by atoms with van der Waals surface area (Å²) in [6, 6.07) is 5.66. The highest BCUT2D eigenvalue weighted by molar-refractivity contribution is 7.84. The lowest BCUT2D eigenvalue weighted by molar-refractivity contribution is -0.143. The predicted molar refractivity (Wildman–Crippen MR) is 105 cm³/mol. The van der Waals surface area contributed by atoms with Gasteiger partial charge >= 0.3 is 11.9 Å². The number of nitrogens with one attached hydrogen (secondary N) is 1. The summed E-state index contributed by atoms with van der Waals surface area (Å²) in [5.41, 5.74) is 7.87. The molecule has 7 nitrogen and oxygen atoms in total. The normalized spacial score (nSPS) is 12.3. The summed E-state index contributed by atoms with van der Waals surface area (Å²) in [5.74, 6) is -0.285. The lowest BCUT2D eigenvalue weighted by atomic mass is 10.1. The molecule has 0 fully saturated rings. The highest BCUT2D eigenvalue weighted by Gasteiger charge is 2.16. The molecular weight excluding hydrogens is 356 g/mol. The van der Waals surface area contributed by atoms with E-state index in [-0.39, 0.29) is 19.1 Å². The molecule has 0 bridgehead atoms. The Hall–Kier alpha value is -1.93. The number of carbonyl (C=O) groups excluding carboxylic acids is 1. The fraction of sp³-hybridized carbons (Fsp3) is 0.556. The van der Waals surface area contributed by atoms with Gasteiger partial charge in [0.2, 0.25) is 0 Å². The molecule has 8 heteroatoms. The van der Waals surface area contributed by atoms with Crippen LogP contribution in [0, 0.1) is 6.92 Å². The van der Waals surface area contributed by atoms with Crippen molar-refractivity contribution in [1.29, 1.82) is 0 Å². The third-order valence-corrected chi connectivity index (χ3v) is 4.77. The lowest BCUT2D eigenvalue weighted by Gasteiger charge is -2.18. The predicted octanol–water partition coefficient (Wildman–Crippen LogP) is 1.70. The van der Waals surface area contributed by atoms with Gasteiger partial charge in [-0.05, 0) is 31.4 Å². The number of rotatable bonds is 9. The summed E-state index contributed by atoms with van der Waals surface area (Å²) in [6.07, 6.45) is 0.904. The number of aliphatic carboxylic acids is 1. The Morgan fingerprint density at radius 1 is 1.35 bits per heavy atom. The van der Waals surface area contributed by atoms with Crippen molar-refractivity contribution in [1.82, 2.24) is 0 Å². The van der Waals surface area contributed by atoms with E-state index in [4.69, 9.17) is 9.84 Å². The van der Waals surface area contributed by atoms with Crippen molar-refractivity contribution in [3.8, 4) is 0 Å². The largest absolute Gasteiger partial charge is 0.480 e. The number of hydrogen-bond acceptors (Lipinski definition) is 6. The molecule has 0 aliphatic heterocycles. The number of benzene rings is 1. The maximum atomic E-state index is 11.9. The Kier molecular flexibility index (Phi) is 12.3.